The van der Waals surface area contributed by atoms with Crippen LogP contribution in [0, 0.1) is 13.8 Å². The predicted molar refractivity (Wildman–Crippen MR) is 83.0 cm³/mol. The Labute approximate surface area is 127 Å². The maximum Gasteiger partial charge on any atom is 0.137 e. The van der Waals surface area contributed by atoms with Crippen LogP contribution in [0.5, 0.6) is 5.75 Å². The third kappa shape index (κ3) is 4.99. The van der Waals surface area contributed by atoms with Gasteiger partial charge in [-0.05, 0) is 51.0 Å². The molecule has 2 N–H and O–H groups in total. The lowest BCUT2D eigenvalue weighted by Gasteiger charge is -2.33. The van der Waals surface area contributed by atoms with E-state index in [4.69, 9.17) is 9.47 Å². The van der Waals surface area contributed by atoms with E-state index in [9.17, 15) is 5.11 Å². The minimum Gasteiger partial charge on any atom is -0.491 e. The first kappa shape index (κ1) is 16.3. The molecule has 0 aromatic heterocycles. The molecule has 1 saturated heterocycles. The molecule has 3 atom stereocenters. The summed E-state index contributed by atoms with van der Waals surface area (Å²) in [4.78, 5) is 1.39. The van der Waals surface area contributed by atoms with Crippen molar-refractivity contribution in [2.45, 2.75) is 46.0 Å². The Morgan fingerprint density at radius 1 is 1.24 bits per heavy atom. The number of aryl methyl sites for hydroxylation is 2. The number of rotatable bonds is 5. The van der Waals surface area contributed by atoms with Gasteiger partial charge in [0.1, 0.15) is 50.3 Å². The Morgan fingerprint density at radius 2 is 1.90 bits per heavy atom. The highest BCUT2D eigenvalue weighted by atomic mass is 16.5. The summed E-state index contributed by atoms with van der Waals surface area (Å²) in [6, 6.07) is 6.03. The van der Waals surface area contributed by atoms with E-state index < -0.39 is 6.10 Å². The summed E-state index contributed by atoms with van der Waals surface area (Å²) < 4.78 is 11.4. The highest BCUT2D eigenvalue weighted by Gasteiger charge is 2.27. The minimum absolute atomic E-state index is 0.261. The van der Waals surface area contributed by atoms with Crippen molar-refractivity contribution in [1.29, 1.82) is 0 Å². The fourth-order valence-corrected chi connectivity index (χ4v) is 2.94. The molecule has 118 valence electrons. The van der Waals surface area contributed by atoms with Crippen LogP contribution in [0.3, 0.4) is 0 Å². The number of ether oxygens (including phenoxy) is 2. The van der Waals surface area contributed by atoms with Crippen molar-refractivity contribution in [3.05, 3.63) is 29.3 Å². The van der Waals surface area contributed by atoms with Crippen LogP contribution in [0.25, 0.3) is 0 Å². The van der Waals surface area contributed by atoms with Crippen LogP contribution in [0.2, 0.25) is 0 Å². The van der Waals surface area contributed by atoms with Gasteiger partial charge in [0, 0.05) is 0 Å². The lowest BCUT2D eigenvalue weighted by atomic mass is 10.1. The number of aliphatic hydroxyl groups excluding tert-OH is 1. The van der Waals surface area contributed by atoms with Gasteiger partial charge < -0.3 is 19.5 Å². The minimum atomic E-state index is -0.445. The number of benzene rings is 1. The highest BCUT2D eigenvalue weighted by Crippen LogP contribution is 2.16. The number of quaternary nitrogens is 1. The molecule has 1 aliphatic heterocycles. The number of nitrogens with one attached hydrogen (secondary N) is 1. The molecule has 1 fully saturated rings. The van der Waals surface area contributed by atoms with Crippen LogP contribution in [0.4, 0.5) is 0 Å². The summed E-state index contributed by atoms with van der Waals surface area (Å²) in [6.07, 6.45) is 0.0762. The average Bonchev–Trinajstić information content (AvgIpc) is 2.39. The quantitative estimate of drug-likeness (QED) is 0.842. The third-order valence-corrected chi connectivity index (χ3v) is 4.06. The SMILES string of the molecule is Cc1ccc(OC[C@@H](O)C[NH+]2C[C@@H](C)O[C@H](C)C2)cc1C. The molecule has 4 nitrogen and oxygen atoms in total. The van der Waals surface area contributed by atoms with E-state index in [2.05, 4.69) is 27.7 Å². The number of aliphatic hydroxyl groups is 1. The predicted octanol–water partition coefficient (Wildman–Crippen LogP) is 0.735. The summed E-state index contributed by atoms with van der Waals surface area (Å²) in [5.74, 6) is 0.830. The Morgan fingerprint density at radius 3 is 2.52 bits per heavy atom. The van der Waals surface area contributed by atoms with Crippen LogP contribution in [0.15, 0.2) is 18.2 Å². The largest absolute Gasteiger partial charge is 0.491 e. The molecular formula is C17H28NO3+. The molecule has 4 heteroatoms. The van der Waals surface area contributed by atoms with Crippen LogP contribution >= 0.6 is 0 Å². The summed E-state index contributed by atoms with van der Waals surface area (Å²) in [5, 5.41) is 10.2. The van der Waals surface area contributed by atoms with Crippen molar-refractivity contribution in [3.8, 4) is 5.75 Å². The normalized spacial score (nSPS) is 27.4. The van der Waals surface area contributed by atoms with Crippen LogP contribution in [-0.4, -0.2) is 49.7 Å². The molecule has 0 saturated carbocycles. The summed E-state index contributed by atoms with van der Waals surface area (Å²) >= 11 is 0. The fourth-order valence-electron chi connectivity index (χ4n) is 2.94. The topological polar surface area (TPSA) is 43.1 Å². The van der Waals surface area contributed by atoms with Gasteiger partial charge in [-0.2, -0.15) is 0 Å². The third-order valence-electron chi connectivity index (χ3n) is 4.06. The Kier molecular flexibility index (Phi) is 5.62. The first-order valence-corrected chi connectivity index (χ1v) is 7.81. The lowest BCUT2D eigenvalue weighted by molar-refractivity contribution is -0.918. The van der Waals surface area contributed by atoms with Crippen molar-refractivity contribution in [3.63, 3.8) is 0 Å². The zero-order valence-corrected chi connectivity index (χ0v) is 13.6. The molecular weight excluding hydrogens is 266 g/mol. The van der Waals surface area contributed by atoms with Crippen LogP contribution < -0.4 is 9.64 Å². The van der Waals surface area contributed by atoms with Crippen molar-refractivity contribution in [2.24, 2.45) is 0 Å². The number of hydrogen-bond donors (Lipinski definition) is 2. The molecule has 0 amide bonds. The summed E-state index contributed by atoms with van der Waals surface area (Å²) in [6.45, 7) is 11.3. The highest BCUT2D eigenvalue weighted by molar-refractivity contribution is 5.33. The van der Waals surface area contributed by atoms with Gasteiger partial charge in [0.15, 0.2) is 0 Å². The van der Waals surface area contributed by atoms with E-state index in [0.29, 0.717) is 13.2 Å². The molecule has 2 rings (SSSR count). The van der Waals surface area contributed by atoms with E-state index in [0.717, 1.165) is 18.8 Å². The summed E-state index contributed by atoms with van der Waals surface area (Å²) in [5.41, 5.74) is 2.46. The Hall–Kier alpha value is -1.10. The van der Waals surface area contributed by atoms with E-state index in [1.807, 2.05) is 18.2 Å². The van der Waals surface area contributed by atoms with Crippen molar-refractivity contribution in [2.75, 3.05) is 26.2 Å². The van der Waals surface area contributed by atoms with Crippen LogP contribution in [0.1, 0.15) is 25.0 Å². The monoisotopic (exact) mass is 294 g/mol. The van der Waals surface area contributed by atoms with Gasteiger partial charge in [-0.3, -0.25) is 0 Å². The Bertz CT molecular complexity index is 453. The molecule has 1 aliphatic rings. The zero-order valence-electron chi connectivity index (χ0n) is 13.6. The molecule has 0 bridgehead atoms. The Balaban J connectivity index is 1.79. The van der Waals surface area contributed by atoms with Gasteiger partial charge in [-0.1, -0.05) is 6.07 Å². The van der Waals surface area contributed by atoms with Crippen molar-refractivity contribution in [1.82, 2.24) is 0 Å². The van der Waals surface area contributed by atoms with Crippen molar-refractivity contribution < 1.29 is 19.5 Å². The van der Waals surface area contributed by atoms with E-state index >= 15 is 0 Å². The second-order valence-electron chi connectivity index (χ2n) is 6.33. The molecule has 0 aliphatic carbocycles. The molecule has 0 spiro atoms. The van der Waals surface area contributed by atoms with Gasteiger partial charge in [-0.15, -0.1) is 0 Å². The van der Waals surface area contributed by atoms with E-state index in [1.54, 1.807) is 0 Å². The molecule has 0 radical (unpaired) electrons. The average molecular weight is 294 g/mol. The molecule has 1 aromatic carbocycles. The van der Waals surface area contributed by atoms with Gasteiger partial charge in [0.05, 0.1) is 0 Å². The maximum atomic E-state index is 10.2. The van der Waals surface area contributed by atoms with Gasteiger partial charge in [0.25, 0.3) is 0 Å². The first-order valence-electron chi connectivity index (χ1n) is 7.81. The van der Waals surface area contributed by atoms with Gasteiger partial charge >= 0.3 is 0 Å². The number of morpholine rings is 1. The fraction of sp³-hybridized carbons (Fsp3) is 0.647. The molecule has 1 heterocycles. The lowest BCUT2D eigenvalue weighted by Crippen LogP contribution is -3.16. The molecule has 1 aromatic rings. The summed E-state index contributed by atoms with van der Waals surface area (Å²) in [7, 11) is 0. The van der Waals surface area contributed by atoms with E-state index in [-0.39, 0.29) is 12.2 Å². The molecule has 0 unspecified atom stereocenters. The van der Waals surface area contributed by atoms with Gasteiger partial charge in [-0.25, -0.2) is 0 Å². The van der Waals surface area contributed by atoms with Crippen molar-refractivity contribution >= 4 is 0 Å². The smallest absolute Gasteiger partial charge is 0.137 e. The zero-order chi connectivity index (χ0) is 15.4. The van der Waals surface area contributed by atoms with Gasteiger partial charge in [0.2, 0.25) is 0 Å². The number of hydrogen-bond acceptors (Lipinski definition) is 3. The second-order valence-corrected chi connectivity index (χ2v) is 6.33. The van der Waals surface area contributed by atoms with E-state index in [1.165, 1.54) is 16.0 Å². The van der Waals surface area contributed by atoms with Crippen LogP contribution in [-0.2, 0) is 4.74 Å². The first-order chi connectivity index (χ1) is 9.94. The second kappa shape index (κ2) is 7.25. The standard InChI is InChI=1S/C17H27NO3/c1-12-5-6-17(7-13(12)2)20-11-16(19)10-18-8-14(3)21-15(4)9-18/h5-7,14-16,19H,8-11H2,1-4H3/p+1/t14-,15-,16+/m1/s1. The maximum absolute atomic E-state index is 10.2. The molecule has 21 heavy (non-hydrogen) atoms.